The van der Waals surface area contributed by atoms with Crippen LogP contribution in [0, 0.1) is 0 Å². The predicted octanol–water partition coefficient (Wildman–Crippen LogP) is 3.19. The number of benzene rings is 1. The van der Waals surface area contributed by atoms with Gasteiger partial charge in [-0.15, -0.1) is 0 Å². The molecule has 2 nitrogen and oxygen atoms in total. The number of hydrogen-bond acceptors (Lipinski definition) is 2. The Labute approximate surface area is 103 Å². The number of nitrogens with zero attached hydrogens (tertiary/aromatic N) is 1. The molecule has 90 valence electrons. The van der Waals surface area contributed by atoms with Crippen molar-refractivity contribution in [3.63, 3.8) is 0 Å². The summed E-state index contributed by atoms with van der Waals surface area (Å²) >= 11 is 0. The largest absolute Gasteiger partial charge is 0.361 e. The van der Waals surface area contributed by atoms with E-state index in [2.05, 4.69) is 23.6 Å². The smallest absolute Gasteiger partial charge is 0.180 e. The van der Waals surface area contributed by atoms with Crippen molar-refractivity contribution in [3.8, 4) is 0 Å². The first-order valence-electron chi connectivity index (χ1n) is 6.21. The van der Waals surface area contributed by atoms with Crippen LogP contribution in [-0.4, -0.2) is 18.4 Å². The third kappa shape index (κ3) is 2.57. The van der Waals surface area contributed by atoms with Crippen LogP contribution in [0.15, 0.2) is 42.5 Å². The van der Waals surface area contributed by atoms with Crippen molar-refractivity contribution in [1.82, 2.24) is 0 Å². The lowest BCUT2D eigenvalue weighted by Gasteiger charge is -2.36. The molecule has 1 unspecified atom stereocenters. The predicted molar refractivity (Wildman–Crippen MR) is 71.2 cm³/mol. The molecule has 0 amide bonds. The zero-order valence-corrected chi connectivity index (χ0v) is 10.4. The minimum Gasteiger partial charge on any atom is -0.361 e. The van der Waals surface area contributed by atoms with Gasteiger partial charge in [-0.3, -0.25) is 4.79 Å². The molecular weight excluding hydrogens is 210 g/mol. The number of hydrogen-bond donors (Lipinski definition) is 0. The van der Waals surface area contributed by atoms with Gasteiger partial charge in [0.1, 0.15) is 0 Å². The molecule has 1 fully saturated rings. The van der Waals surface area contributed by atoms with Crippen LogP contribution >= 0.6 is 0 Å². The lowest BCUT2D eigenvalue weighted by atomic mass is 9.95. The maximum atomic E-state index is 12.1. The zero-order valence-electron chi connectivity index (χ0n) is 10.4. The molecule has 0 aromatic heterocycles. The Balaban J connectivity index is 2.24. The maximum absolute atomic E-state index is 12.1. The minimum absolute atomic E-state index is 0.0105. The van der Waals surface area contributed by atoms with E-state index in [1.807, 2.05) is 18.2 Å². The Morgan fingerprint density at radius 2 is 2.00 bits per heavy atom. The molecule has 1 atom stereocenters. The van der Waals surface area contributed by atoms with E-state index in [4.69, 9.17) is 0 Å². The van der Waals surface area contributed by atoms with Gasteiger partial charge in [-0.1, -0.05) is 24.8 Å². The second-order valence-electron chi connectivity index (χ2n) is 4.69. The standard InChI is InChI=1S/C15H19NO/c1-12(2)15(17)14-10-6-7-11-16(14)13-8-4-3-5-9-13/h3-5,8-9,14H,1,6-7,10-11H2,2H3. The fourth-order valence-electron chi connectivity index (χ4n) is 2.42. The first-order valence-corrected chi connectivity index (χ1v) is 6.21. The third-order valence-electron chi connectivity index (χ3n) is 3.31. The highest BCUT2D eigenvalue weighted by atomic mass is 16.1. The quantitative estimate of drug-likeness (QED) is 0.742. The average molecular weight is 229 g/mol. The summed E-state index contributed by atoms with van der Waals surface area (Å²) in [6, 6.07) is 10.2. The summed E-state index contributed by atoms with van der Waals surface area (Å²) in [5.41, 5.74) is 1.81. The summed E-state index contributed by atoms with van der Waals surface area (Å²) in [5, 5.41) is 0. The molecule has 0 spiro atoms. The van der Waals surface area contributed by atoms with Crippen LogP contribution in [0.3, 0.4) is 0 Å². The lowest BCUT2D eigenvalue weighted by Crippen LogP contribution is -2.45. The van der Waals surface area contributed by atoms with Gasteiger partial charge in [0.05, 0.1) is 6.04 Å². The van der Waals surface area contributed by atoms with Crippen molar-refractivity contribution in [2.24, 2.45) is 0 Å². The Kier molecular flexibility index (Phi) is 3.62. The van der Waals surface area contributed by atoms with Crippen LogP contribution in [0.1, 0.15) is 26.2 Å². The molecule has 1 heterocycles. The highest BCUT2D eigenvalue weighted by Gasteiger charge is 2.28. The Morgan fingerprint density at radius 1 is 1.29 bits per heavy atom. The van der Waals surface area contributed by atoms with Crippen LogP contribution in [0.4, 0.5) is 5.69 Å². The molecule has 0 radical (unpaired) electrons. The lowest BCUT2D eigenvalue weighted by molar-refractivity contribution is -0.117. The molecule has 1 aliphatic rings. The van der Waals surface area contributed by atoms with Crippen molar-refractivity contribution in [3.05, 3.63) is 42.5 Å². The minimum atomic E-state index is -0.0105. The summed E-state index contributed by atoms with van der Waals surface area (Å²) in [7, 11) is 0. The maximum Gasteiger partial charge on any atom is 0.180 e. The summed E-state index contributed by atoms with van der Waals surface area (Å²) in [6.07, 6.45) is 3.24. The molecule has 1 aliphatic heterocycles. The van der Waals surface area contributed by atoms with Crippen LogP contribution in [0.2, 0.25) is 0 Å². The molecule has 1 saturated heterocycles. The summed E-state index contributed by atoms with van der Waals surface area (Å²) in [6.45, 7) is 6.55. The van der Waals surface area contributed by atoms with E-state index in [1.54, 1.807) is 6.92 Å². The number of carbonyl (C=O) groups is 1. The summed E-state index contributed by atoms with van der Waals surface area (Å²) in [4.78, 5) is 14.4. The second-order valence-corrected chi connectivity index (χ2v) is 4.69. The van der Waals surface area contributed by atoms with Crippen molar-refractivity contribution >= 4 is 11.5 Å². The van der Waals surface area contributed by atoms with Gasteiger partial charge in [-0.2, -0.15) is 0 Å². The normalized spacial score (nSPS) is 20.1. The molecule has 2 rings (SSSR count). The van der Waals surface area contributed by atoms with Crippen LogP contribution < -0.4 is 4.90 Å². The topological polar surface area (TPSA) is 20.3 Å². The Bertz CT molecular complexity index is 410. The number of anilines is 1. The SMILES string of the molecule is C=C(C)C(=O)C1CCCCN1c1ccccc1. The van der Waals surface area contributed by atoms with E-state index >= 15 is 0 Å². The van der Waals surface area contributed by atoms with E-state index in [9.17, 15) is 4.79 Å². The summed E-state index contributed by atoms with van der Waals surface area (Å²) < 4.78 is 0. The molecule has 0 aliphatic carbocycles. The van der Waals surface area contributed by atoms with Crippen molar-refractivity contribution in [2.75, 3.05) is 11.4 Å². The first-order chi connectivity index (χ1) is 8.20. The molecular formula is C15H19NO. The number of para-hydroxylation sites is 1. The zero-order chi connectivity index (χ0) is 12.3. The summed E-state index contributed by atoms with van der Waals surface area (Å²) in [5.74, 6) is 0.188. The average Bonchev–Trinajstić information content (AvgIpc) is 2.39. The monoisotopic (exact) mass is 229 g/mol. The van der Waals surface area contributed by atoms with Gasteiger partial charge in [0, 0.05) is 12.2 Å². The number of Topliss-reactive ketones (excluding diaryl/α,β-unsaturated/α-hetero) is 1. The van der Waals surface area contributed by atoms with Crippen molar-refractivity contribution in [1.29, 1.82) is 0 Å². The van der Waals surface area contributed by atoms with Gasteiger partial charge in [-0.25, -0.2) is 0 Å². The van der Waals surface area contributed by atoms with Crippen LogP contribution in [0.25, 0.3) is 0 Å². The molecule has 1 aromatic carbocycles. The van der Waals surface area contributed by atoms with E-state index in [1.165, 1.54) is 0 Å². The molecule has 2 heteroatoms. The van der Waals surface area contributed by atoms with Crippen LogP contribution in [-0.2, 0) is 4.79 Å². The van der Waals surface area contributed by atoms with Gasteiger partial charge in [-0.05, 0) is 43.9 Å². The molecule has 1 aromatic rings. The van der Waals surface area contributed by atoms with Crippen LogP contribution in [0.5, 0.6) is 0 Å². The third-order valence-corrected chi connectivity index (χ3v) is 3.31. The molecule has 0 bridgehead atoms. The Hall–Kier alpha value is -1.57. The molecule has 0 N–H and O–H groups in total. The number of rotatable bonds is 3. The molecule has 17 heavy (non-hydrogen) atoms. The van der Waals surface area contributed by atoms with Crippen molar-refractivity contribution < 1.29 is 4.79 Å². The van der Waals surface area contributed by atoms with E-state index < -0.39 is 0 Å². The van der Waals surface area contributed by atoms with E-state index in [-0.39, 0.29) is 11.8 Å². The number of ketones is 1. The fraction of sp³-hybridized carbons (Fsp3) is 0.400. The highest BCUT2D eigenvalue weighted by Crippen LogP contribution is 2.26. The van der Waals surface area contributed by atoms with Crippen molar-refractivity contribution in [2.45, 2.75) is 32.2 Å². The van der Waals surface area contributed by atoms with Gasteiger partial charge in [0.15, 0.2) is 5.78 Å². The Morgan fingerprint density at radius 3 is 2.65 bits per heavy atom. The molecule has 0 saturated carbocycles. The fourth-order valence-corrected chi connectivity index (χ4v) is 2.42. The number of carbonyl (C=O) groups excluding carboxylic acids is 1. The second kappa shape index (κ2) is 5.17. The van der Waals surface area contributed by atoms with Gasteiger partial charge < -0.3 is 4.90 Å². The van der Waals surface area contributed by atoms with E-state index in [0.717, 1.165) is 31.5 Å². The van der Waals surface area contributed by atoms with Gasteiger partial charge >= 0.3 is 0 Å². The van der Waals surface area contributed by atoms with Gasteiger partial charge in [0.25, 0.3) is 0 Å². The number of piperidine rings is 1. The van der Waals surface area contributed by atoms with E-state index in [0.29, 0.717) is 5.57 Å². The highest BCUT2D eigenvalue weighted by molar-refractivity contribution is 6.00. The van der Waals surface area contributed by atoms with Gasteiger partial charge in [0.2, 0.25) is 0 Å². The first kappa shape index (κ1) is 11.9.